The summed E-state index contributed by atoms with van der Waals surface area (Å²) in [5.41, 5.74) is 0. The first kappa shape index (κ1) is 32.4. The molecule has 0 saturated heterocycles. The molecule has 11 nitrogen and oxygen atoms in total. The number of carboxylic acid groups (broad SMARTS) is 1. The lowest BCUT2D eigenvalue weighted by Gasteiger charge is -2.39. The number of quaternary nitrogens is 1. The average Bonchev–Trinajstić information content (AvgIpc) is 2.64. The maximum Gasteiger partial charge on any atom is 0.303 e. The van der Waals surface area contributed by atoms with Gasteiger partial charge in [-0.2, -0.15) is 8.42 Å². The standard InChI is InChI=1S/C19H41NO10S2Si/c1-33(2)18-6-10-20(8-4-16-31(23,24)25,9-5-17-32(26,27)28)11-13-30-15-14-29-12-3-7-19(21)22/h33H,3-18H2,1-2H3,(H2-,21,22,23,24,25,26,27,28). The topological polar surface area (TPSA) is 167 Å². The third-order valence-electron chi connectivity index (χ3n) is 5.24. The third-order valence-corrected chi connectivity index (χ3v) is 8.39. The predicted octanol–water partition coefficient (Wildman–Crippen LogP) is 0.791. The van der Waals surface area contributed by atoms with E-state index in [1.807, 2.05) is 0 Å². The molecule has 1 atom stereocenters. The summed E-state index contributed by atoms with van der Waals surface area (Å²) >= 11 is 0. The molecule has 0 amide bonds. The summed E-state index contributed by atoms with van der Waals surface area (Å²) in [4.78, 5) is 10.5. The van der Waals surface area contributed by atoms with Gasteiger partial charge in [0.25, 0.3) is 10.1 Å². The molecule has 0 aromatic carbocycles. The largest absolute Gasteiger partial charge is 0.748 e. The number of aliphatic carboxylic acids is 1. The number of ether oxygens (including phenoxy) is 2. The number of carbonyl (C=O) groups is 1. The van der Waals surface area contributed by atoms with Gasteiger partial charge in [-0.1, -0.05) is 19.1 Å². The smallest absolute Gasteiger partial charge is 0.303 e. The molecule has 0 bridgehead atoms. The van der Waals surface area contributed by atoms with Gasteiger partial charge in [0.1, 0.15) is 6.54 Å². The first-order valence-corrected chi connectivity index (χ1v) is 17.7. The van der Waals surface area contributed by atoms with Crippen molar-refractivity contribution in [2.75, 3.05) is 64.1 Å². The fourth-order valence-electron chi connectivity index (χ4n) is 3.57. The van der Waals surface area contributed by atoms with Crippen molar-refractivity contribution in [2.24, 2.45) is 0 Å². The van der Waals surface area contributed by atoms with Gasteiger partial charge in [0.2, 0.25) is 0 Å². The van der Waals surface area contributed by atoms with E-state index in [4.69, 9.17) is 19.1 Å². The number of rotatable bonds is 22. The van der Waals surface area contributed by atoms with Crippen molar-refractivity contribution in [1.82, 2.24) is 0 Å². The summed E-state index contributed by atoms with van der Waals surface area (Å²) in [6.45, 7) is 7.82. The summed E-state index contributed by atoms with van der Waals surface area (Å²) in [5.74, 6) is -1.73. The average molecular weight is 536 g/mol. The highest BCUT2D eigenvalue weighted by molar-refractivity contribution is 7.85. The van der Waals surface area contributed by atoms with Crippen molar-refractivity contribution in [3.8, 4) is 0 Å². The fraction of sp³-hybridized carbons (Fsp3) is 0.947. The molecule has 0 heterocycles. The minimum atomic E-state index is -4.34. The van der Waals surface area contributed by atoms with Crippen LogP contribution in [0.3, 0.4) is 0 Å². The van der Waals surface area contributed by atoms with E-state index in [9.17, 15) is 26.2 Å². The summed E-state index contributed by atoms with van der Waals surface area (Å²) in [7, 11) is -9.25. The summed E-state index contributed by atoms with van der Waals surface area (Å²) < 4.78 is 76.0. The van der Waals surface area contributed by atoms with Crippen molar-refractivity contribution in [1.29, 1.82) is 0 Å². The van der Waals surface area contributed by atoms with Crippen molar-refractivity contribution in [3.05, 3.63) is 0 Å². The van der Waals surface area contributed by atoms with Crippen LogP contribution in [0.15, 0.2) is 0 Å². The Morgan fingerprint density at radius 2 is 1.39 bits per heavy atom. The van der Waals surface area contributed by atoms with E-state index in [-0.39, 0.29) is 25.0 Å². The zero-order chi connectivity index (χ0) is 25.4. The molecular weight excluding hydrogens is 494 g/mol. The first-order chi connectivity index (χ1) is 15.2. The second kappa shape index (κ2) is 16.9. The molecule has 0 fully saturated rings. The Balaban J connectivity index is 4.88. The predicted molar refractivity (Wildman–Crippen MR) is 127 cm³/mol. The van der Waals surface area contributed by atoms with Crippen LogP contribution in [0.2, 0.25) is 19.1 Å². The second-order valence-electron chi connectivity index (χ2n) is 8.75. The van der Waals surface area contributed by atoms with Crippen molar-refractivity contribution < 1.29 is 49.8 Å². The zero-order valence-electron chi connectivity index (χ0n) is 19.8. The van der Waals surface area contributed by atoms with E-state index in [0.29, 0.717) is 63.5 Å². The highest BCUT2D eigenvalue weighted by Crippen LogP contribution is 2.15. The fourth-order valence-corrected chi connectivity index (χ4v) is 5.55. The van der Waals surface area contributed by atoms with E-state index in [0.717, 1.165) is 12.5 Å². The van der Waals surface area contributed by atoms with Crippen LogP contribution < -0.4 is 0 Å². The van der Waals surface area contributed by atoms with Crippen LogP contribution >= 0.6 is 0 Å². The van der Waals surface area contributed by atoms with Crippen molar-refractivity contribution in [3.63, 3.8) is 0 Å². The van der Waals surface area contributed by atoms with E-state index in [1.54, 1.807) is 0 Å². The summed E-state index contributed by atoms with van der Waals surface area (Å²) in [6.07, 6.45) is 1.76. The Labute approximate surface area is 200 Å². The van der Waals surface area contributed by atoms with Crippen LogP contribution in [-0.2, 0) is 34.5 Å². The van der Waals surface area contributed by atoms with Gasteiger partial charge in [0, 0.05) is 40.4 Å². The maximum atomic E-state index is 11.2. The van der Waals surface area contributed by atoms with E-state index >= 15 is 0 Å². The van der Waals surface area contributed by atoms with Crippen LogP contribution in [0.4, 0.5) is 0 Å². The number of hydrogen-bond donors (Lipinski definition) is 2. The molecule has 0 aliphatic rings. The third kappa shape index (κ3) is 21.6. The molecule has 33 heavy (non-hydrogen) atoms. The molecule has 0 aliphatic carbocycles. The van der Waals surface area contributed by atoms with Crippen LogP contribution in [0, 0.1) is 0 Å². The zero-order valence-corrected chi connectivity index (χ0v) is 22.6. The van der Waals surface area contributed by atoms with Crippen LogP contribution in [-0.4, -0.2) is 114 Å². The lowest BCUT2D eigenvalue weighted by molar-refractivity contribution is -0.928. The van der Waals surface area contributed by atoms with E-state index < -0.39 is 40.8 Å². The highest BCUT2D eigenvalue weighted by atomic mass is 32.2. The molecule has 0 spiro atoms. The maximum absolute atomic E-state index is 11.2. The molecule has 1 unspecified atom stereocenters. The molecule has 14 heteroatoms. The SMILES string of the molecule is C[SiH](C)CCC[N+](CCCS(=O)(=O)[O-])(CCCS(=O)(=O)O)CCOCCOCCCC(=O)O. The normalized spacial score (nSPS) is 14.5. The Kier molecular flexibility index (Phi) is 16.6. The lowest BCUT2D eigenvalue weighted by atomic mass is 10.2. The Hall–Kier alpha value is -0.613. The monoisotopic (exact) mass is 535 g/mol. The van der Waals surface area contributed by atoms with Gasteiger partial charge in [0.15, 0.2) is 0 Å². The molecule has 0 rings (SSSR count). The van der Waals surface area contributed by atoms with Gasteiger partial charge >= 0.3 is 5.97 Å². The van der Waals surface area contributed by atoms with Crippen LogP contribution in [0.5, 0.6) is 0 Å². The van der Waals surface area contributed by atoms with E-state index in [1.165, 1.54) is 0 Å². The number of carboxylic acids is 1. The minimum absolute atomic E-state index is 0.0444. The van der Waals surface area contributed by atoms with Crippen molar-refractivity contribution >= 4 is 35.0 Å². The van der Waals surface area contributed by atoms with Gasteiger partial charge in [-0.15, -0.1) is 0 Å². The summed E-state index contributed by atoms with van der Waals surface area (Å²) in [5, 5.41) is 8.59. The quantitative estimate of drug-likeness (QED) is 0.0875. The number of hydrogen-bond acceptors (Lipinski definition) is 8. The molecule has 0 radical (unpaired) electrons. The number of nitrogens with zero attached hydrogens (tertiary/aromatic N) is 1. The van der Waals surface area contributed by atoms with Crippen molar-refractivity contribution in [2.45, 2.75) is 51.2 Å². The Morgan fingerprint density at radius 3 is 1.91 bits per heavy atom. The lowest BCUT2D eigenvalue weighted by Crippen LogP contribution is -2.53. The highest BCUT2D eigenvalue weighted by Gasteiger charge is 2.27. The van der Waals surface area contributed by atoms with E-state index in [2.05, 4.69) is 13.1 Å². The molecule has 0 saturated carbocycles. The van der Waals surface area contributed by atoms with Crippen LogP contribution in [0.25, 0.3) is 0 Å². The van der Waals surface area contributed by atoms with Crippen LogP contribution in [0.1, 0.15) is 32.1 Å². The first-order valence-electron chi connectivity index (χ1n) is 11.4. The molecule has 198 valence electrons. The summed E-state index contributed by atoms with van der Waals surface area (Å²) in [6, 6.07) is 1.09. The minimum Gasteiger partial charge on any atom is -0.748 e. The molecule has 0 aromatic rings. The van der Waals surface area contributed by atoms with Gasteiger partial charge in [0.05, 0.1) is 55.3 Å². The van der Waals surface area contributed by atoms with Gasteiger partial charge < -0.3 is 23.6 Å². The van der Waals surface area contributed by atoms with Gasteiger partial charge in [-0.05, 0) is 12.8 Å². The van der Waals surface area contributed by atoms with Gasteiger partial charge in [-0.3, -0.25) is 9.35 Å². The molecule has 2 N–H and O–H groups in total. The Morgan fingerprint density at radius 1 is 0.848 bits per heavy atom. The molecule has 0 aliphatic heterocycles. The Bertz CT molecular complexity index is 706. The van der Waals surface area contributed by atoms with Gasteiger partial charge in [-0.25, -0.2) is 8.42 Å². The second-order valence-corrected chi connectivity index (χ2v) is 15.2. The molecular formula is C19H41NO10S2Si. The molecule has 0 aromatic heterocycles.